The van der Waals surface area contributed by atoms with Crippen molar-refractivity contribution in [3.05, 3.63) is 23.8 Å². The summed E-state index contributed by atoms with van der Waals surface area (Å²) in [6.07, 6.45) is 0. The largest absolute Gasteiger partial charge is 0.397 e. The van der Waals surface area contributed by atoms with E-state index < -0.39 is 10.0 Å². The molecular formula is C12H20N4O3S. The van der Waals surface area contributed by atoms with Gasteiger partial charge in [0, 0.05) is 25.7 Å². The zero-order valence-electron chi connectivity index (χ0n) is 11.6. The third-order valence-corrected chi connectivity index (χ3v) is 4.06. The molecule has 8 heteroatoms. The van der Waals surface area contributed by atoms with Gasteiger partial charge < -0.3 is 16.4 Å². The minimum atomic E-state index is -3.26. The number of carbonyl (C=O) groups excluding carboxylic acids is 1. The molecule has 20 heavy (non-hydrogen) atoms. The maximum absolute atomic E-state index is 11.5. The molecule has 5 N–H and O–H groups in total. The lowest BCUT2D eigenvalue weighted by atomic mass is 10.1. The summed E-state index contributed by atoms with van der Waals surface area (Å²) in [6, 6.07) is 4.82. The van der Waals surface area contributed by atoms with Gasteiger partial charge in [-0.2, -0.15) is 0 Å². The quantitative estimate of drug-likeness (QED) is 0.529. The van der Waals surface area contributed by atoms with Crippen LogP contribution in [0.25, 0.3) is 0 Å². The van der Waals surface area contributed by atoms with E-state index in [2.05, 4.69) is 15.4 Å². The van der Waals surface area contributed by atoms with Gasteiger partial charge >= 0.3 is 0 Å². The van der Waals surface area contributed by atoms with Crippen LogP contribution < -0.4 is 21.1 Å². The first-order valence-corrected chi connectivity index (χ1v) is 7.87. The Morgan fingerprint density at radius 1 is 1.35 bits per heavy atom. The third-order valence-electron chi connectivity index (χ3n) is 2.59. The van der Waals surface area contributed by atoms with Crippen LogP contribution in [0.15, 0.2) is 18.2 Å². The smallest absolute Gasteiger partial charge is 0.251 e. The number of carbonyl (C=O) groups is 1. The molecule has 0 saturated heterocycles. The van der Waals surface area contributed by atoms with Gasteiger partial charge in [0.25, 0.3) is 5.91 Å². The number of amides is 1. The second kappa shape index (κ2) is 7.11. The minimum Gasteiger partial charge on any atom is -0.397 e. The van der Waals surface area contributed by atoms with Gasteiger partial charge in [0.05, 0.1) is 17.1 Å². The van der Waals surface area contributed by atoms with Crippen LogP contribution in [0.2, 0.25) is 0 Å². The van der Waals surface area contributed by atoms with Crippen LogP contribution in [0, 0.1) is 0 Å². The SMILES string of the molecule is CCNS(=O)(=O)CCNc1ccc(C(=O)NC)cc1N. The maximum atomic E-state index is 11.5. The molecule has 0 saturated carbocycles. The number of hydrogen-bond donors (Lipinski definition) is 4. The van der Waals surface area contributed by atoms with Crippen LogP contribution in [0.5, 0.6) is 0 Å². The summed E-state index contributed by atoms with van der Waals surface area (Å²) in [5.74, 6) is -0.268. The second-order valence-electron chi connectivity index (χ2n) is 4.12. The lowest BCUT2D eigenvalue weighted by molar-refractivity contribution is 0.0963. The highest BCUT2D eigenvalue weighted by atomic mass is 32.2. The zero-order chi connectivity index (χ0) is 15.2. The van der Waals surface area contributed by atoms with E-state index in [1.165, 1.54) is 7.05 Å². The van der Waals surface area contributed by atoms with Crippen LogP contribution in [0.1, 0.15) is 17.3 Å². The molecule has 0 heterocycles. The van der Waals surface area contributed by atoms with Crippen molar-refractivity contribution in [2.45, 2.75) is 6.92 Å². The normalized spacial score (nSPS) is 11.1. The van der Waals surface area contributed by atoms with Crippen molar-refractivity contribution in [2.75, 3.05) is 36.9 Å². The van der Waals surface area contributed by atoms with Crippen molar-refractivity contribution in [3.63, 3.8) is 0 Å². The van der Waals surface area contributed by atoms with E-state index in [0.29, 0.717) is 23.5 Å². The number of nitrogens with one attached hydrogen (secondary N) is 3. The van der Waals surface area contributed by atoms with Crippen molar-refractivity contribution < 1.29 is 13.2 Å². The van der Waals surface area contributed by atoms with Gasteiger partial charge in [0.2, 0.25) is 10.0 Å². The topological polar surface area (TPSA) is 113 Å². The van der Waals surface area contributed by atoms with Gasteiger partial charge in [-0.3, -0.25) is 4.79 Å². The fourth-order valence-electron chi connectivity index (χ4n) is 1.62. The zero-order valence-corrected chi connectivity index (χ0v) is 12.4. The van der Waals surface area contributed by atoms with E-state index in [4.69, 9.17) is 5.73 Å². The number of sulfonamides is 1. The monoisotopic (exact) mass is 300 g/mol. The lowest BCUT2D eigenvalue weighted by Crippen LogP contribution is -2.29. The van der Waals surface area contributed by atoms with Crippen molar-refractivity contribution in [3.8, 4) is 0 Å². The van der Waals surface area contributed by atoms with Crippen LogP contribution in [0.4, 0.5) is 11.4 Å². The van der Waals surface area contributed by atoms with Crippen molar-refractivity contribution >= 4 is 27.3 Å². The van der Waals surface area contributed by atoms with Crippen molar-refractivity contribution in [1.29, 1.82) is 0 Å². The maximum Gasteiger partial charge on any atom is 0.251 e. The van der Waals surface area contributed by atoms with Gasteiger partial charge in [-0.05, 0) is 18.2 Å². The molecule has 0 aliphatic heterocycles. The molecular weight excluding hydrogens is 280 g/mol. The molecule has 0 radical (unpaired) electrons. The first-order valence-electron chi connectivity index (χ1n) is 6.22. The Hall–Kier alpha value is -1.80. The standard InChI is InChI=1S/C12H20N4O3S/c1-3-16-20(18,19)7-6-15-11-5-4-9(8-10(11)13)12(17)14-2/h4-5,8,15-16H,3,6-7,13H2,1-2H3,(H,14,17). The molecule has 1 amide bonds. The Morgan fingerprint density at radius 3 is 2.60 bits per heavy atom. The predicted molar refractivity (Wildman–Crippen MR) is 80.2 cm³/mol. The van der Waals surface area contributed by atoms with E-state index >= 15 is 0 Å². The summed E-state index contributed by atoms with van der Waals surface area (Å²) < 4.78 is 25.3. The molecule has 112 valence electrons. The summed E-state index contributed by atoms with van der Waals surface area (Å²) in [4.78, 5) is 11.4. The van der Waals surface area contributed by atoms with Gasteiger partial charge in [-0.15, -0.1) is 0 Å². The van der Waals surface area contributed by atoms with E-state index in [9.17, 15) is 13.2 Å². The molecule has 0 bridgehead atoms. The summed E-state index contributed by atoms with van der Waals surface area (Å²) in [5.41, 5.74) is 7.27. The summed E-state index contributed by atoms with van der Waals surface area (Å²) in [7, 11) is -1.72. The highest BCUT2D eigenvalue weighted by molar-refractivity contribution is 7.89. The van der Waals surface area contributed by atoms with Gasteiger partial charge in [0.15, 0.2) is 0 Å². The van der Waals surface area contributed by atoms with Crippen molar-refractivity contribution in [1.82, 2.24) is 10.0 Å². The van der Waals surface area contributed by atoms with E-state index in [-0.39, 0.29) is 18.2 Å². The van der Waals surface area contributed by atoms with E-state index in [1.54, 1.807) is 25.1 Å². The fourth-order valence-corrected chi connectivity index (χ4v) is 2.58. The molecule has 1 aromatic carbocycles. The average molecular weight is 300 g/mol. The fraction of sp³-hybridized carbons (Fsp3) is 0.417. The second-order valence-corrected chi connectivity index (χ2v) is 6.05. The molecule has 1 aromatic rings. The van der Waals surface area contributed by atoms with Gasteiger partial charge in [-0.25, -0.2) is 13.1 Å². The number of nitrogens with two attached hydrogens (primary N) is 1. The Morgan fingerprint density at radius 2 is 2.05 bits per heavy atom. The van der Waals surface area contributed by atoms with Crippen LogP contribution >= 0.6 is 0 Å². The predicted octanol–water partition coefficient (Wildman–Crippen LogP) is -0.0204. The summed E-state index contributed by atoms with van der Waals surface area (Å²) >= 11 is 0. The molecule has 0 aromatic heterocycles. The molecule has 1 rings (SSSR count). The van der Waals surface area contributed by atoms with Crippen LogP contribution in [-0.2, 0) is 10.0 Å². The first-order chi connectivity index (χ1) is 9.39. The van der Waals surface area contributed by atoms with Crippen LogP contribution in [-0.4, -0.2) is 40.2 Å². The summed E-state index contributed by atoms with van der Waals surface area (Å²) in [5, 5.41) is 5.44. The highest BCUT2D eigenvalue weighted by Gasteiger charge is 2.09. The third kappa shape index (κ3) is 4.71. The van der Waals surface area contributed by atoms with E-state index in [0.717, 1.165) is 0 Å². The average Bonchev–Trinajstić information content (AvgIpc) is 2.39. The number of benzene rings is 1. The number of anilines is 2. The van der Waals surface area contributed by atoms with Gasteiger partial charge in [-0.1, -0.05) is 6.92 Å². The van der Waals surface area contributed by atoms with Crippen LogP contribution in [0.3, 0.4) is 0 Å². The number of hydrogen-bond acceptors (Lipinski definition) is 5. The molecule has 0 fully saturated rings. The molecule has 7 nitrogen and oxygen atoms in total. The Kier molecular flexibility index (Phi) is 5.78. The Balaban J connectivity index is 2.64. The van der Waals surface area contributed by atoms with Gasteiger partial charge in [0.1, 0.15) is 0 Å². The molecule has 0 atom stereocenters. The molecule has 0 aliphatic rings. The Bertz CT molecular complexity index is 572. The van der Waals surface area contributed by atoms with Crippen molar-refractivity contribution in [2.24, 2.45) is 0 Å². The molecule has 0 unspecified atom stereocenters. The highest BCUT2D eigenvalue weighted by Crippen LogP contribution is 2.19. The minimum absolute atomic E-state index is 0.0442. The Labute approximate surface area is 119 Å². The molecule has 0 aliphatic carbocycles. The first kappa shape index (κ1) is 16.3. The number of rotatable bonds is 7. The number of nitrogen functional groups attached to an aromatic ring is 1. The lowest BCUT2D eigenvalue weighted by Gasteiger charge is -2.11. The summed E-state index contributed by atoms with van der Waals surface area (Å²) in [6.45, 7) is 2.32. The van der Waals surface area contributed by atoms with E-state index in [1.807, 2.05) is 0 Å². The molecule has 0 spiro atoms.